The summed E-state index contributed by atoms with van der Waals surface area (Å²) in [6.45, 7) is 0.344. The standard InChI is InChI=1S/C6H14N2O3S/c1-11-4-5(6(10)8-7)12-3-2-9/h5,9H,2-4,7H2,1H3,(H,8,10). The van der Waals surface area contributed by atoms with Crippen LogP contribution in [0.5, 0.6) is 0 Å². The number of aliphatic hydroxyl groups excluding tert-OH is 1. The van der Waals surface area contributed by atoms with Crippen LogP contribution in [0.4, 0.5) is 0 Å². The molecule has 0 heterocycles. The highest BCUT2D eigenvalue weighted by atomic mass is 32.2. The molecule has 5 nitrogen and oxygen atoms in total. The molecule has 0 rings (SSSR count). The summed E-state index contributed by atoms with van der Waals surface area (Å²) in [5.41, 5.74) is 2.04. The number of hydrogen-bond donors (Lipinski definition) is 3. The predicted octanol–water partition coefficient (Wildman–Crippen LogP) is -1.28. The highest BCUT2D eigenvalue weighted by molar-refractivity contribution is 8.00. The third-order valence-corrected chi connectivity index (χ3v) is 2.33. The first-order valence-electron chi connectivity index (χ1n) is 3.48. The second-order valence-corrected chi connectivity index (χ2v) is 3.36. The van der Waals surface area contributed by atoms with E-state index >= 15 is 0 Å². The van der Waals surface area contributed by atoms with Gasteiger partial charge in [-0.25, -0.2) is 5.84 Å². The van der Waals surface area contributed by atoms with Crippen molar-refractivity contribution in [2.75, 3.05) is 26.1 Å². The number of carbonyl (C=O) groups is 1. The second kappa shape index (κ2) is 7.35. The Morgan fingerprint density at radius 3 is 2.92 bits per heavy atom. The molecule has 0 radical (unpaired) electrons. The van der Waals surface area contributed by atoms with E-state index in [1.165, 1.54) is 18.9 Å². The second-order valence-electron chi connectivity index (χ2n) is 2.05. The molecule has 1 atom stereocenters. The topological polar surface area (TPSA) is 84.6 Å². The molecule has 0 aliphatic heterocycles. The fourth-order valence-corrected chi connectivity index (χ4v) is 1.48. The molecule has 4 N–H and O–H groups in total. The summed E-state index contributed by atoms with van der Waals surface area (Å²) in [4.78, 5) is 11.0. The third-order valence-electron chi connectivity index (χ3n) is 1.16. The Labute approximate surface area is 75.6 Å². The average Bonchev–Trinajstić information content (AvgIpc) is 2.11. The van der Waals surface area contributed by atoms with Gasteiger partial charge < -0.3 is 9.84 Å². The maximum atomic E-state index is 11.0. The van der Waals surface area contributed by atoms with Crippen LogP contribution in [-0.4, -0.2) is 42.3 Å². The van der Waals surface area contributed by atoms with Gasteiger partial charge in [0.2, 0.25) is 5.91 Å². The van der Waals surface area contributed by atoms with Crippen LogP contribution in [0.25, 0.3) is 0 Å². The fourth-order valence-electron chi connectivity index (χ4n) is 0.639. The van der Waals surface area contributed by atoms with E-state index in [9.17, 15) is 4.79 Å². The molecule has 1 unspecified atom stereocenters. The van der Waals surface area contributed by atoms with E-state index in [0.29, 0.717) is 12.4 Å². The van der Waals surface area contributed by atoms with Gasteiger partial charge in [0.15, 0.2) is 0 Å². The van der Waals surface area contributed by atoms with E-state index < -0.39 is 0 Å². The zero-order valence-corrected chi connectivity index (χ0v) is 7.76. The molecule has 72 valence electrons. The molecule has 0 saturated carbocycles. The summed E-state index contributed by atoms with van der Waals surface area (Å²) in [7, 11) is 1.51. The minimum absolute atomic E-state index is 0.0444. The molecule has 1 amide bonds. The van der Waals surface area contributed by atoms with Crippen LogP contribution in [0.2, 0.25) is 0 Å². The van der Waals surface area contributed by atoms with Gasteiger partial charge in [0.05, 0.1) is 13.2 Å². The Bertz CT molecular complexity index is 134. The first-order chi connectivity index (χ1) is 5.76. The molecule has 0 bridgehead atoms. The van der Waals surface area contributed by atoms with Crippen LogP contribution >= 0.6 is 11.8 Å². The van der Waals surface area contributed by atoms with Crippen molar-refractivity contribution in [2.45, 2.75) is 5.25 Å². The number of hydrogen-bond acceptors (Lipinski definition) is 5. The third kappa shape index (κ3) is 4.55. The summed E-state index contributed by atoms with van der Waals surface area (Å²) < 4.78 is 4.81. The van der Waals surface area contributed by atoms with Crippen molar-refractivity contribution < 1.29 is 14.6 Å². The summed E-state index contributed by atoms with van der Waals surface area (Å²) >= 11 is 1.31. The number of carbonyl (C=O) groups excluding carboxylic acids is 1. The monoisotopic (exact) mass is 194 g/mol. The van der Waals surface area contributed by atoms with Gasteiger partial charge in [-0.2, -0.15) is 0 Å². The molecule has 0 aromatic carbocycles. The zero-order chi connectivity index (χ0) is 9.40. The lowest BCUT2D eigenvalue weighted by Gasteiger charge is -2.12. The van der Waals surface area contributed by atoms with Crippen LogP contribution < -0.4 is 11.3 Å². The van der Waals surface area contributed by atoms with Gasteiger partial charge in [-0.3, -0.25) is 10.2 Å². The van der Waals surface area contributed by atoms with Gasteiger partial charge in [0.25, 0.3) is 0 Å². The van der Waals surface area contributed by atoms with Gasteiger partial charge in [-0.1, -0.05) is 0 Å². The minimum Gasteiger partial charge on any atom is -0.396 e. The van der Waals surface area contributed by atoms with Gasteiger partial charge >= 0.3 is 0 Å². The zero-order valence-electron chi connectivity index (χ0n) is 6.95. The van der Waals surface area contributed by atoms with Gasteiger partial charge in [-0.05, 0) is 0 Å². The number of hydrazine groups is 1. The molecule has 0 spiro atoms. The Hall–Kier alpha value is -0.300. The van der Waals surface area contributed by atoms with Crippen molar-refractivity contribution in [1.82, 2.24) is 5.43 Å². The Kier molecular flexibility index (Phi) is 7.17. The number of ether oxygens (including phenoxy) is 1. The smallest absolute Gasteiger partial charge is 0.249 e. The van der Waals surface area contributed by atoms with E-state index in [1.54, 1.807) is 0 Å². The van der Waals surface area contributed by atoms with Crippen LogP contribution in [0.15, 0.2) is 0 Å². The van der Waals surface area contributed by atoms with Crippen molar-refractivity contribution in [3.8, 4) is 0 Å². The fraction of sp³-hybridized carbons (Fsp3) is 0.833. The number of thioether (sulfide) groups is 1. The van der Waals surface area contributed by atoms with E-state index in [2.05, 4.69) is 0 Å². The van der Waals surface area contributed by atoms with E-state index in [4.69, 9.17) is 15.7 Å². The molecule has 0 aliphatic carbocycles. The maximum absolute atomic E-state index is 11.0. The highest BCUT2D eigenvalue weighted by Gasteiger charge is 2.16. The SMILES string of the molecule is COCC(SCCO)C(=O)NN. The van der Waals surface area contributed by atoms with Gasteiger partial charge in [-0.15, -0.1) is 11.8 Å². The van der Waals surface area contributed by atoms with Crippen molar-refractivity contribution in [1.29, 1.82) is 0 Å². The molecule has 0 aromatic rings. The lowest BCUT2D eigenvalue weighted by molar-refractivity contribution is -0.121. The Morgan fingerprint density at radius 2 is 2.50 bits per heavy atom. The molecule has 0 fully saturated rings. The van der Waals surface area contributed by atoms with E-state index in [0.717, 1.165) is 0 Å². The summed E-state index contributed by atoms with van der Waals surface area (Å²) in [6.07, 6.45) is 0. The quantitative estimate of drug-likeness (QED) is 0.278. The molecule has 12 heavy (non-hydrogen) atoms. The van der Waals surface area contributed by atoms with Gasteiger partial charge in [0.1, 0.15) is 5.25 Å². The van der Waals surface area contributed by atoms with E-state index in [1.807, 2.05) is 5.43 Å². The van der Waals surface area contributed by atoms with Crippen LogP contribution in [-0.2, 0) is 9.53 Å². The van der Waals surface area contributed by atoms with Crippen molar-refractivity contribution >= 4 is 17.7 Å². The molecule has 6 heteroatoms. The largest absolute Gasteiger partial charge is 0.396 e. The molecule has 0 saturated heterocycles. The lowest BCUT2D eigenvalue weighted by atomic mass is 10.4. The number of aliphatic hydroxyl groups is 1. The summed E-state index contributed by atoms with van der Waals surface area (Å²) in [5, 5.41) is 8.17. The average molecular weight is 194 g/mol. The number of amides is 1. The Balaban J connectivity index is 3.76. The lowest BCUT2D eigenvalue weighted by Crippen LogP contribution is -2.39. The van der Waals surface area contributed by atoms with Gasteiger partial charge in [0, 0.05) is 12.9 Å². The Morgan fingerprint density at radius 1 is 1.83 bits per heavy atom. The van der Waals surface area contributed by atoms with Crippen molar-refractivity contribution in [2.24, 2.45) is 5.84 Å². The van der Waals surface area contributed by atoms with Crippen LogP contribution in [0, 0.1) is 0 Å². The first kappa shape index (κ1) is 11.7. The predicted molar refractivity (Wildman–Crippen MR) is 47.5 cm³/mol. The number of rotatable bonds is 6. The summed E-state index contributed by atoms with van der Waals surface area (Å²) in [6, 6.07) is 0. The number of nitrogens with one attached hydrogen (secondary N) is 1. The molecular weight excluding hydrogens is 180 g/mol. The van der Waals surface area contributed by atoms with E-state index in [-0.39, 0.29) is 17.8 Å². The maximum Gasteiger partial charge on any atom is 0.249 e. The summed E-state index contributed by atoms with van der Waals surface area (Å²) in [5.74, 6) is 5.16. The van der Waals surface area contributed by atoms with Crippen molar-refractivity contribution in [3.63, 3.8) is 0 Å². The highest BCUT2D eigenvalue weighted by Crippen LogP contribution is 2.10. The van der Waals surface area contributed by atoms with Crippen LogP contribution in [0.3, 0.4) is 0 Å². The minimum atomic E-state index is -0.341. The van der Waals surface area contributed by atoms with Crippen molar-refractivity contribution in [3.05, 3.63) is 0 Å². The van der Waals surface area contributed by atoms with Crippen LogP contribution in [0.1, 0.15) is 0 Å². The molecular formula is C6H14N2O3S. The molecule has 0 aromatic heterocycles. The number of nitrogens with two attached hydrogens (primary N) is 1. The first-order valence-corrected chi connectivity index (χ1v) is 4.53. The number of methoxy groups -OCH3 is 1. The normalized spacial score (nSPS) is 12.6. The molecule has 0 aliphatic rings.